The lowest BCUT2D eigenvalue weighted by Gasteiger charge is -2.11. The molecule has 0 fully saturated rings. The quantitative estimate of drug-likeness (QED) is 0.332. The standard InChI is InChI=1S/C26H19F3N6O3S/c1-13-8-17(35-12-31-34(2)25(35)38)6-7-18(13)24-33-20-11-15(26(27,28)29)10-19(21(20)39-24)23(37)32-16-5-3-4-14(9-16)22(30)36/h3-12H,1-2H3,(H2,30,36)(H,32,37). The van der Waals surface area contributed by atoms with Gasteiger partial charge in [-0.2, -0.15) is 18.3 Å². The summed E-state index contributed by atoms with van der Waals surface area (Å²) >= 11 is 1.07. The second-order valence-electron chi connectivity index (χ2n) is 8.69. The van der Waals surface area contributed by atoms with E-state index in [1.807, 2.05) is 0 Å². The maximum atomic E-state index is 13.7. The number of hydrogen-bond acceptors (Lipinski definition) is 6. The molecule has 5 rings (SSSR count). The molecule has 0 unspecified atom stereocenters. The van der Waals surface area contributed by atoms with Gasteiger partial charge in [0.15, 0.2) is 0 Å². The molecule has 13 heteroatoms. The molecule has 39 heavy (non-hydrogen) atoms. The Morgan fingerprint density at radius 3 is 2.49 bits per heavy atom. The lowest BCUT2D eigenvalue weighted by atomic mass is 10.1. The van der Waals surface area contributed by atoms with E-state index in [0.717, 1.165) is 23.5 Å². The topological polar surface area (TPSA) is 125 Å². The van der Waals surface area contributed by atoms with Crippen LogP contribution in [0.1, 0.15) is 31.8 Å². The van der Waals surface area contributed by atoms with Crippen LogP contribution in [0.25, 0.3) is 26.5 Å². The normalized spacial score (nSPS) is 11.6. The van der Waals surface area contributed by atoms with Crippen molar-refractivity contribution < 1.29 is 22.8 Å². The Hall–Kier alpha value is -4.78. The van der Waals surface area contributed by atoms with Crippen LogP contribution in [0.4, 0.5) is 18.9 Å². The number of carbonyl (C=O) groups is 2. The zero-order valence-electron chi connectivity index (χ0n) is 20.4. The third-order valence-electron chi connectivity index (χ3n) is 6.01. The van der Waals surface area contributed by atoms with Gasteiger partial charge in [-0.25, -0.2) is 19.0 Å². The van der Waals surface area contributed by atoms with Gasteiger partial charge in [0.05, 0.1) is 27.0 Å². The molecule has 2 heterocycles. The Kier molecular flexibility index (Phi) is 6.30. The highest BCUT2D eigenvalue weighted by atomic mass is 32.1. The van der Waals surface area contributed by atoms with Gasteiger partial charge in [0.25, 0.3) is 5.91 Å². The number of aryl methyl sites for hydroxylation is 2. The van der Waals surface area contributed by atoms with Crippen LogP contribution in [-0.4, -0.2) is 31.1 Å². The molecule has 0 radical (unpaired) electrons. The number of fused-ring (bicyclic) bond motifs is 1. The number of hydrogen-bond donors (Lipinski definition) is 2. The molecule has 0 atom stereocenters. The fourth-order valence-corrected chi connectivity index (χ4v) is 5.17. The fraction of sp³-hybridized carbons (Fsp3) is 0.115. The van der Waals surface area contributed by atoms with E-state index in [2.05, 4.69) is 15.4 Å². The molecule has 3 aromatic carbocycles. The van der Waals surface area contributed by atoms with Crippen LogP contribution in [0, 0.1) is 6.92 Å². The second kappa shape index (κ2) is 9.51. The van der Waals surface area contributed by atoms with Crippen LogP contribution in [0.15, 0.2) is 65.7 Å². The first kappa shape index (κ1) is 25.9. The van der Waals surface area contributed by atoms with E-state index in [1.54, 1.807) is 25.1 Å². The molecule has 0 saturated carbocycles. The summed E-state index contributed by atoms with van der Waals surface area (Å²) in [4.78, 5) is 41.3. The van der Waals surface area contributed by atoms with Crippen LogP contribution >= 0.6 is 11.3 Å². The van der Waals surface area contributed by atoms with Gasteiger partial charge in [0, 0.05) is 23.9 Å². The Morgan fingerprint density at radius 2 is 1.85 bits per heavy atom. The van der Waals surface area contributed by atoms with Gasteiger partial charge in [-0.05, 0) is 61.0 Å². The third-order valence-corrected chi connectivity index (χ3v) is 7.15. The van der Waals surface area contributed by atoms with Crippen molar-refractivity contribution in [1.82, 2.24) is 19.3 Å². The van der Waals surface area contributed by atoms with E-state index in [1.165, 1.54) is 46.9 Å². The maximum absolute atomic E-state index is 13.7. The number of alkyl halides is 3. The number of rotatable bonds is 5. The molecule has 3 N–H and O–H groups in total. The predicted octanol–water partition coefficient (Wildman–Crippen LogP) is 4.53. The maximum Gasteiger partial charge on any atom is 0.416 e. The summed E-state index contributed by atoms with van der Waals surface area (Å²) in [6.07, 6.45) is -3.33. The van der Waals surface area contributed by atoms with Crippen LogP contribution in [0.3, 0.4) is 0 Å². The highest BCUT2D eigenvalue weighted by Gasteiger charge is 2.33. The van der Waals surface area contributed by atoms with Crippen molar-refractivity contribution >= 4 is 39.1 Å². The van der Waals surface area contributed by atoms with Crippen molar-refractivity contribution in [2.45, 2.75) is 13.1 Å². The Labute approximate surface area is 222 Å². The van der Waals surface area contributed by atoms with Gasteiger partial charge < -0.3 is 11.1 Å². The zero-order chi connectivity index (χ0) is 28.1. The van der Waals surface area contributed by atoms with Crippen molar-refractivity contribution in [2.24, 2.45) is 12.8 Å². The number of aromatic nitrogens is 4. The summed E-state index contributed by atoms with van der Waals surface area (Å²) < 4.78 is 44.0. The Bertz CT molecular complexity index is 1840. The van der Waals surface area contributed by atoms with E-state index < -0.39 is 23.6 Å². The molecular formula is C26H19F3N6O3S. The van der Waals surface area contributed by atoms with Gasteiger partial charge in [0.1, 0.15) is 11.3 Å². The first-order chi connectivity index (χ1) is 18.4. The van der Waals surface area contributed by atoms with E-state index in [9.17, 15) is 27.6 Å². The van der Waals surface area contributed by atoms with Crippen molar-refractivity contribution in [2.75, 3.05) is 5.32 Å². The third kappa shape index (κ3) is 4.91. The van der Waals surface area contributed by atoms with Gasteiger partial charge in [0.2, 0.25) is 5.91 Å². The summed E-state index contributed by atoms with van der Waals surface area (Å²) in [5.41, 5.74) is 5.96. The highest BCUT2D eigenvalue weighted by molar-refractivity contribution is 7.22. The molecule has 0 saturated heterocycles. The minimum absolute atomic E-state index is 0.00724. The van der Waals surface area contributed by atoms with Crippen molar-refractivity contribution in [1.29, 1.82) is 0 Å². The van der Waals surface area contributed by atoms with Crippen molar-refractivity contribution in [3.63, 3.8) is 0 Å². The Balaban J connectivity index is 1.58. The molecule has 0 aliphatic carbocycles. The smallest absolute Gasteiger partial charge is 0.366 e. The lowest BCUT2D eigenvalue weighted by molar-refractivity contribution is -0.137. The number of thiazole rings is 1. The summed E-state index contributed by atoms with van der Waals surface area (Å²) in [6, 6.07) is 12.6. The number of halogens is 3. The largest absolute Gasteiger partial charge is 0.416 e. The second-order valence-corrected chi connectivity index (χ2v) is 9.69. The molecule has 0 aliphatic rings. The van der Waals surface area contributed by atoms with Gasteiger partial charge in [-0.15, -0.1) is 11.3 Å². The van der Waals surface area contributed by atoms with Crippen LogP contribution in [0.5, 0.6) is 0 Å². The SMILES string of the molecule is Cc1cc(-n2cnn(C)c2=O)ccc1-c1nc2cc(C(F)(F)F)cc(C(=O)Nc3cccc(C(N)=O)c3)c2s1. The number of nitrogens with one attached hydrogen (secondary N) is 1. The fourth-order valence-electron chi connectivity index (χ4n) is 4.03. The van der Waals surface area contributed by atoms with Crippen LogP contribution in [-0.2, 0) is 13.2 Å². The monoisotopic (exact) mass is 552 g/mol. The lowest BCUT2D eigenvalue weighted by Crippen LogP contribution is -2.21. The summed E-state index contributed by atoms with van der Waals surface area (Å²) in [6.45, 7) is 1.78. The van der Waals surface area contributed by atoms with Crippen LogP contribution in [0.2, 0.25) is 0 Å². The number of nitrogens with two attached hydrogens (primary N) is 1. The molecule has 5 aromatic rings. The van der Waals surface area contributed by atoms with E-state index in [-0.39, 0.29) is 32.7 Å². The first-order valence-electron chi connectivity index (χ1n) is 11.4. The first-order valence-corrected chi connectivity index (χ1v) is 12.2. The van der Waals surface area contributed by atoms with Crippen molar-refractivity contribution in [3.05, 3.63) is 93.7 Å². The molecule has 0 spiro atoms. The summed E-state index contributed by atoms with van der Waals surface area (Å²) in [7, 11) is 1.53. The van der Waals surface area contributed by atoms with E-state index in [0.29, 0.717) is 21.8 Å². The average Bonchev–Trinajstić information content (AvgIpc) is 3.45. The number of anilines is 1. The summed E-state index contributed by atoms with van der Waals surface area (Å²) in [5, 5.41) is 6.88. The van der Waals surface area contributed by atoms with Crippen LogP contribution < -0.4 is 16.7 Å². The zero-order valence-corrected chi connectivity index (χ0v) is 21.2. The Morgan fingerprint density at radius 1 is 1.08 bits per heavy atom. The van der Waals surface area contributed by atoms with Gasteiger partial charge >= 0.3 is 11.9 Å². The highest BCUT2D eigenvalue weighted by Crippen LogP contribution is 2.39. The molecule has 0 aliphatic heterocycles. The predicted molar refractivity (Wildman–Crippen MR) is 140 cm³/mol. The molecule has 2 amide bonds. The molecule has 2 aromatic heterocycles. The van der Waals surface area contributed by atoms with Gasteiger partial charge in [-0.3, -0.25) is 9.59 Å². The molecular weight excluding hydrogens is 533 g/mol. The van der Waals surface area contributed by atoms with E-state index >= 15 is 0 Å². The average molecular weight is 553 g/mol. The number of carbonyl (C=O) groups excluding carboxylic acids is 2. The van der Waals surface area contributed by atoms with E-state index in [4.69, 9.17) is 5.73 Å². The minimum Gasteiger partial charge on any atom is -0.366 e. The molecule has 0 bridgehead atoms. The number of primary amides is 1. The number of nitrogens with zero attached hydrogens (tertiary/aromatic N) is 4. The van der Waals surface area contributed by atoms with Crippen molar-refractivity contribution in [3.8, 4) is 16.3 Å². The minimum atomic E-state index is -4.71. The number of amides is 2. The summed E-state index contributed by atoms with van der Waals surface area (Å²) in [5.74, 6) is -1.51. The number of benzene rings is 3. The molecule has 9 nitrogen and oxygen atoms in total. The van der Waals surface area contributed by atoms with Gasteiger partial charge in [-0.1, -0.05) is 6.07 Å². The molecule has 198 valence electrons.